The molecule has 0 radical (unpaired) electrons. The topological polar surface area (TPSA) is 30.7 Å². The molecule has 4 heteroatoms. The van der Waals surface area contributed by atoms with E-state index >= 15 is 0 Å². The van der Waals surface area contributed by atoms with Gasteiger partial charge in [0.25, 0.3) is 0 Å². The van der Waals surface area contributed by atoms with Crippen LogP contribution in [0, 0.1) is 0 Å². The molecule has 0 aliphatic heterocycles. The van der Waals surface area contributed by atoms with Crippen molar-refractivity contribution in [2.75, 3.05) is 0 Å². The zero-order chi connectivity index (χ0) is 4.41. The van der Waals surface area contributed by atoms with Gasteiger partial charge in [-0.2, -0.15) is 0 Å². The first-order chi connectivity index (χ1) is 2.89. The summed E-state index contributed by atoms with van der Waals surface area (Å²) in [4.78, 5) is 0. The second-order valence-corrected chi connectivity index (χ2v) is 1.08. The van der Waals surface area contributed by atoms with E-state index in [0.29, 0.717) is 0 Å². The van der Waals surface area contributed by atoms with Crippen molar-refractivity contribution in [2.24, 2.45) is 7.05 Å². The molecule has 0 saturated heterocycles. The predicted molar refractivity (Wildman–Crippen MR) is 21.0 cm³/mol. The van der Waals surface area contributed by atoms with Gasteiger partial charge in [-0.25, -0.2) is 0 Å². The van der Waals surface area contributed by atoms with Gasteiger partial charge in [-0.05, 0) is 0 Å². The van der Waals surface area contributed by atoms with Crippen molar-refractivity contribution in [3.8, 4) is 0 Å². The second-order valence-electron chi connectivity index (χ2n) is 1.08. The molecule has 0 bridgehead atoms. The summed E-state index contributed by atoms with van der Waals surface area (Å²) in [5.41, 5.74) is 0. The monoisotopic (exact) mass is 278 g/mol. The molecule has 0 saturated carbocycles. The van der Waals surface area contributed by atoms with Crippen LogP contribution in [-0.4, -0.2) is 15.0 Å². The van der Waals surface area contributed by atoms with Crippen molar-refractivity contribution in [3.05, 3.63) is 12.4 Å². The molecule has 0 aromatic carbocycles. The fourth-order valence-corrected chi connectivity index (χ4v) is 0.267. The fourth-order valence-electron chi connectivity index (χ4n) is 0.267. The average Bonchev–Trinajstić information content (AvgIpc) is 1.86. The van der Waals surface area contributed by atoms with E-state index in [0.717, 1.165) is 0 Å². The van der Waals surface area contributed by atoms with Crippen molar-refractivity contribution >= 4 is 0 Å². The largest absolute Gasteiger partial charge is 0.256 e. The summed E-state index contributed by atoms with van der Waals surface area (Å²) in [6.45, 7) is 0. The molecule has 0 amide bonds. The number of rotatable bonds is 0. The van der Waals surface area contributed by atoms with Crippen molar-refractivity contribution in [1.82, 2.24) is 15.0 Å². The minimum absolute atomic E-state index is 0. The van der Waals surface area contributed by atoms with Crippen molar-refractivity contribution in [1.29, 1.82) is 0 Å². The Morgan fingerprint density at radius 2 is 2.29 bits per heavy atom. The molecule has 1 rings (SSSR count). The molecule has 3 nitrogen and oxygen atoms in total. The predicted octanol–water partition coefficient (Wildman–Crippen LogP) is -0.187. The van der Waals surface area contributed by atoms with Crippen LogP contribution in [0.25, 0.3) is 0 Å². The number of nitrogens with zero attached hydrogens (tertiary/aromatic N) is 3. The zero-order valence-corrected chi connectivity index (χ0v) is 6.08. The molecule has 0 aliphatic carbocycles. The van der Waals surface area contributed by atoms with Gasteiger partial charge in [-0.3, -0.25) is 4.68 Å². The first-order valence-electron chi connectivity index (χ1n) is 1.70. The van der Waals surface area contributed by atoms with E-state index in [4.69, 9.17) is 0 Å². The van der Waals surface area contributed by atoms with Gasteiger partial charge in [-0.15, -0.1) is 5.10 Å². The smallest absolute Gasteiger partial charge is 0.0692 e. The van der Waals surface area contributed by atoms with E-state index in [-0.39, 0.29) is 21.1 Å². The van der Waals surface area contributed by atoms with Crippen LogP contribution in [0.3, 0.4) is 0 Å². The molecular weight excluding hydrogens is 273 g/mol. The van der Waals surface area contributed by atoms with Crippen LogP contribution in [0.5, 0.6) is 0 Å². The Balaban J connectivity index is 0.000000360. The summed E-state index contributed by atoms with van der Waals surface area (Å²) >= 11 is 0. The SMILES string of the molecule is Cn1ccnn1.[Pt]. The van der Waals surface area contributed by atoms with Gasteiger partial charge in [0.05, 0.1) is 6.20 Å². The van der Waals surface area contributed by atoms with Crippen LogP contribution in [0.1, 0.15) is 0 Å². The Hall–Kier alpha value is -0.172. The van der Waals surface area contributed by atoms with Crippen LogP contribution in [0.15, 0.2) is 12.4 Å². The van der Waals surface area contributed by atoms with E-state index in [2.05, 4.69) is 10.3 Å². The van der Waals surface area contributed by atoms with Gasteiger partial charge in [0.2, 0.25) is 0 Å². The van der Waals surface area contributed by atoms with Gasteiger partial charge in [0.15, 0.2) is 0 Å². The van der Waals surface area contributed by atoms with Gasteiger partial charge in [-0.1, -0.05) is 5.21 Å². The van der Waals surface area contributed by atoms with Crippen LogP contribution in [0.4, 0.5) is 0 Å². The number of hydrogen-bond donors (Lipinski definition) is 0. The minimum Gasteiger partial charge on any atom is -0.256 e. The second kappa shape index (κ2) is 2.91. The molecule has 0 fully saturated rings. The van der Waals surface area contributed by atoms with Crippen molar-refractivity contribution < 1.29 is 21.1 Å². The molecule has 0 aliphatic rings. The quantitative estimate of drug-likeness (QED) is 0.659. The van der Waals surface area contributed by atoms with E-state index in [1.54, 1.807) is 17.1 Å². The van der Waals surface area contributed by atoms with E-state index < -0.39 is 0 Å². The summed E-state index contributed by atoms with van der Waals surface area (Å²) in [7, 11) is 1.83. The molecule has 0 atom stereocenters. The Labute approximate surface area is 56.0 Å². The summed E-state index contributed by atoms with van der Waals surface area (Å²) in [6, 6.07) is 0. The molecule has 42 valence electrons. The third kappa shape index (κ3) is 1.83. The number of hydrogen-bond acceptors (Lipinski definition) is 2. The first kappa shape index (κ1) is 6.83. The van der Waals surface area contributed by atoms with Crippen LogP contribution in [-0.2, 0) is 28.1 Å². The van der Waals surface area contributed by atoms with Gasteiger partial charge in [0, 0.05) is 34.3 Å². The molecular formula is C3H5N3Pt. The van der Waals surface area contributed by atoms with Gasteiger partial charge < -0.3 is 0 Å². The van der Waals surface area contributed by atoms with Crippen LogP contribution < -0.4 is 0 Å². The molecule has 1 aromatic heterocycles. The number of aromatic nitrogens is 3. The molecule has 7 heavy (non-hydrogen) atoms. The van der Waals surface area contributed by atoms with Gasteiger partial charge in [0.1, 0.15) is 0 Å². The van der Waals surface area contributed by atoms with E-state index in [9.17, 15) is 0 Å². The Bertz CT molecular complexity index is 114. The maximum absolute atomic E-state index is 3.58. The van der Waals surface area contributed by atoms with Crippen molar-refractivity contribution in [2.45, 2.75) is 0 Å². The third-order valence-corrected chi connectivity index (χ3v) is 0.542. The van der Waals surface area contributed by atoms with Crippen LogP contribution >= 0.6 is 0 Å². The normalized spacial score (nSPS) is 7.57. The maximum Gasteiger partial charge on any atom is 0.0692 e. The summed E-state index contributed by atoms with van der Waals surface area (Å²) < 4.78 is 1.64. The third-order valence-electron chi connectivity index (χ3n) is 0.542. The zero-order valence-electron chi connectivity index (χ0n) is 3.81. The van der Waals surface area contributed by atoms with E-state index in [1.807, 2.05) is 7.05 Å². The molecule has 0 N–H and O–H groups in total. The van der Waals surface area contributed by atoms with Crippen LogP contribution in [0.2, 0.25) is 0 Å². The summed E-state index contributed by atoms with van der Waals surface area (Å²) in [5.74, 6) is 0. The Kier molecular flexibility index (Phi) is 2.84. The Morgan fingerprint density at radius 3 is 2.43 bits per heavy atom. The molecule has 0 unspecified atom stereocenters. The molecule has 1 aromatic rings. The number of aryl methyl sites for hydroxylation is 1. The van der Waals surface area contributed by atoms with E-state index in [1.165, 1.54) is 0 Å². The van der Waals surface area contributed by atoms with Gasteiger partial charge >= 0.3 is 0 Å². The van der Waals surface area contributed by atoms with Crippen molar-refractivity contribution in [3.63, 3.8) is 0 Å². The molecule has 0 spiro atoms. The first-order valence-corrected chi connectivity index (χ1v) is 1.70. The summed E-state index contributed by atoms with van der Waals surface area (Å²) in [6.07, 6.45) is 3.42. The summed E-state index contributed by atoms with van der Waals surface area (Å²) in [5, 5.41) is 7.12. The fraction of sp³-hybridized carbons (Fsp3) is 0.333. The Morgan fingerprint density at radius 1 is 1.57 bits per heavy atom. The standard InChI is InChI=1S/C3H5N3.Pt/c1-6-3-2-4-5-6;/h2-3H,1H3;. The molecule has 1 heterocycles. The average molecular weight is 278 g/mol. The minimum atomic E-state index is 0. The maximum atomic E-state index is 3.58.